The van der Waals surface area contributed by atoms with E-state index in [4.69, 9.17) is 5.11 Å². The van der Waals surface area contributed by atoms with E-state index < -0.39 is 0 Å². The van der Waals surface area contributed by atoms with Gasteiger partial charge in [-0.3, -0.25) is 4.79 Å². The molecule has 0 aromatic heterocycles. The SMILES string of the molecule is O=C(NCCCO)C1Cc2ccccc2C1. The number of hydrogen-bond acceptors (Lipinski definition) is 2. The van der Waals surface area contributed by atoms with Gasteiger partial charge in [-0.05, 0) is 30.4 Å². The van der Waals surface area contributed by atoms with Crippen LogP contribution in [0.4, 0.5) is 0 Å². The van der Waals surface area contributed by atoms with E-state index in [0.717, 1.165) is 12.8 Å². The topological polar surface area (TPSA) is 49.3 Å². The van der Waals surface area contributed by atoms with Gasteiger partial charge in [0.15, 0.2) is 0 Å². The molecule has 16 heavy (non-hydrogen) atoms. The van der Waals surface area contributed by atoms with Crippen molar-refractivity contribution in [2.75, 3.05) is 13.2 Å². The van der Waals surface area contributed by atoms with Crippen LogP contribution in [0.25, 0.3) is 0 Å². The highest BCUT2D eigenvalue weighted by Gasteiger charge is 2.26. The molecular weight excluding hydrogens is 202 g/mol. The van der Waals surface area contributed by atoms with E-state index in [9.17, 15) is 4.79 Å². The largest absolute Gasteiger partial charge is 0.396 e. The van der Waals surface area contributed by atoms with Crippen molar-refractivity contribution < 1.29 is 9.90 Å². The lowest BCUT2D eigenvalue weighted by Crippen LogP contribution is -2.32. The van der Waals surface area contributed by atoms with Gasteiger partial charge in [0.1, 0.15) is 0 Å². The molecule has 3 nitrogen and oxygen atoms in total. The Morgan fingerprint density at radius 2 is 1.94 bits per heavy atom. The molecule has 1 aliphatic carbocycles. The summed E-state index contributed by atoms with van der Waals surface area (Å²) in [5, 5.41) is 11.5. The highest BCUT2D eigenvalue weighted by Crippen LogP contribution is 2.26. The van der Waals surface area contributed by atoms with Crippen molar-refractivity contribution in [3.8, 4) is 0 Å². The molecule has 0 atom stereocenters. The van der Waals surface area contributed by atoms with E-state index in [-0.39, 0.29) is 18.4 Å². The fourth-order valence-corrected chi connectivity index (χ4v) is 2.18. The van der Waals surface area contributed by atoms with Crippen molar-refractivity contribution in [2.45, 2.75) is 19.3 Å². The Labute approximate surface area is 95.5 Å². The second kappa shape index (κ2) is 5.12. The first-order valence-electron chi connectivity index (χ1n) is 5.76. The zero-order valence-electron chi connectivity index (χ0n) is 9.28. The van der Waals surface area contributed by atoms with Gasteiger partial charge in [-0.15, -0.1) is 0 Å². The Hall–Kier alpha value is -1.35. The first kappa shape index (κ1) is 11.1. The molecule has 0 fully saturated rings. The molecule has 0 aliphatic heterocycles. The van der Waals surface area contributed by atoms with Gasteiger partial charge in [0.25, 0.3) is 0 Å². The third-order valence-corrected chi connectivity index (χ3v) is 3.06. The number of aliphatic hydroxyl groups is 1. The van der Waals surface area contributed by atoms with Crippen LogP contribution in [0.3, 0.4) is 0 Å². The molecule has 0 heterocycles. The number of amides is 1. The van der Waals surface area contributed by atoms with Gasteiger partial charge in [0.05, 0.1) is 0 Å². The number of benzene rings is 1. The minimum Gasteiger partial charge on any atom is -0.396 e. The molecule has 0 spiro atoms. The Morgan fingerprint density at radius 3 is 2.50 bits per heavy atom. The normalized spacial score (nSPS) is 14.8. The fraction of sp³-hybridized carbons (Fsp3) is 0.462. The summed E-state index contributed by atoms with van der Waals surface area (Å²) in [6.45, 7) is 0.702. The number of nitrogens with one attached hydrogen (secondary N) is 1. The summed E-state index contributed by atoms with van der Waals surface area (Å²) in [5.74, 6) is 0.195. The molecular formula is C13H17NO2. The summed E-state index contributed by atoms with van der Waals surface area (Å²) in [6, 6.07) is 8.22. The van der Waals surface area contributed by atoms with Gasteiger partial charge in [0.2, 0.25) is 5.91 Å². The smallest absolute Gasteiger partial charge is 0.223 e. The van der Waals surface area contributed by atoms with Gasteiger partial charge < -0.3 is 10.4 Å². The molecule has 1 aromatic carbocycles. The molecule has 0 unspecified atom stereocenters. The summed E-state index contributed by atoms with van der Waals surface area (Å²) >= 11 is 0. The fourth-order valence-electron chi connectivity index (χ4n) is 2.18. The van der Waals surface area contributed by atoms with E-state index in [1.165, 1.54) is 11.1 Å². The zero-order chi connectivity index (χ0) is 11.4. The third-order valence-electron chi connectivity index (χ3n) is 3.06. The summed E-state index contributed by atoms with van der Waals surface area (Å²) in [7, 11) is 0. The van der Waals surface area contributed by atoms with E-state index in [2.05, 4.69) is 17.4 Å². The molecule has 0 bridgehead atoms. The van der Waals surface area contributed by atoms with Crippen LogP contribution in [0.15, 0.2) is 24.3 Å². The first-order valence-corrected chi connectivity index (χ1v) is 5.76. The van der Waals surface area contributed by atoms with Crippen molar-refractivity contribution in [3.63, 3.8) is 0 Å². The van der Waals surface area contributed by atoms with Crippen LogP contribution in [0, 0.1) is 5.92 Å². The predicted molar refractivity (Wildman–Crippen MR) is 62.1 cm³/mol. The molecule has 1 aliphatic rings. The lowest BCUT2D eigenvalue weighted by Gasteiger charge is -2.09. The molecule has 86 valence electrons. The molecule has 0 saturated carbocycles. The average Bonchev–Trinajstić information content (AvgIpc) is 2.73. The Balaban J connectivity index is 1.88. The van der Waals surface area contributed by atoms with Crippen molar-refractivity contribution in [1.82, 2.24) is 5.32 Å². The number of rotatable bonds is 4. The molecule has 1 amide bonds. The second-order valence-electron chi connectivity index (χ2n) is 4.24. The minimum absolute atomic E-state index is 0.0797. The Kier molecular flexibility index (Phi) is 3.57. The molecule has 2 N–H and O–H groups in total. The van der Waals surface area contributed by atoms with Crippen molar-refractivity contribution >= 4 is 5.91 Å². The van der Waals surface area contributed by atoms with Crippen LogP contribution < -0.4 is 5.32 Å². The summed E-state index contributed by atoms with van der Waals surface area (Å²) in [6.07, 6.45) is 2.33. The maximum absolute atomic E-state index is 11.8. The predicted octanol–water partition coefficient (Wildman–Crippen LogP) is 0.900. The summed E-state index contributed by atoms with van der Waals surface area (Å²) < 4.78 is 0. The number of fused-ring (bicyclic) bond motifs is 1. The molecule has 1 aromatic rings. The lowest BCUT2D eigenvalue weighted by atomic mass is 10.1. The van der Waals surface area contributed by atoms with Crippen LogP contribution in [0.2, 0.25) is 0 Å². The highest BCUT2D eigenvalue weighted by atomic mass is 16.3. The van der Waals surface area contributed by atoms with E-state index in [1.807, 2.05) is 12.1 Å². The van der Waals surface area contributed by atoms with Crippen molar-refractivity contribution in [2.24, 2.45) is 5.92 Å². The van der Waals surface area contributed by atoms with Crippen molar-refractivity contribution in [3.05, 3.63) is 35.4 Å². The van der Waals surface area contributed by atoms with E-state index in [1.54, 1.807) is 0 Å². The van der Waals surface area contributed by atoms with Crippen LogP contribution in [-0.4, -0.2) is 24.2 Å². The maximum Gasteiger partial charge on any atom is 0.223 e. The van der Waals surface area contributed by atoms with Gasteiger partial charge >= 0.3 is 0 Å². The Morgan fingerprint density at radius 1 is 1.31 bits per heavy atom. The minimum atomic E-state index is 0.0797. The average molecular weight is 219 g/mol. The monoisotopic (exact) mass is 219 g/mol. The number of aliphatic hydroxyl groups excluding tert-OH is 1. The summed E-state index contributed by atoms with van der Waals surface area (Å²) in [5.41, 5.74) is 2.59. The molecule has 3 heteroatoms. The lowest BCUT2D eigenvalue weighted by molar-refractivity contribution is -0.124. The first-order chi connectivity index (χ1) is 7.81. The quantitative estimate of drug-likeness (QED) is 0.739. The van der Waals surface area contributed by atoms with Gasteiger partial charge in [0, 0.05) is 19.1 Å². The molecule has 2 rings (SSSR count). The number of hydrogen-bond donors (Lipinski definition) is 2. The van der Waals surface area contributed by atoms with Crippen LogP contribution in [0.5, 0.6) is 0 Å². The Bertz CT molecular complexity index is 351. The third kappa shape index (κ3) is 2.42. The maximum atomic E-state index is 11.8. The van der Waals surface area contributed by atoms with Gasteiger partial charge in [-0.1, -0.05) is 24.3 Å². The summed E-state index contributed by atoms with van der Waals surface area (Å²) in [4.78, 5) is 11.8. The van der Waals surface area contributed by atoms with Crippen LogP contribution in [0.1, 0.15) is 17.5 Å². The van der Waals surface area contributed by atoms with Gasteiger partial charge in [-0.2, -0.15) is 0 Å². The molecule has 0 saturated heterocycles. The van der Waals surface area contributed by atoms with Crippen LogP contribution >= 0.6 is 0 Å². The second-order valence-corrected chi connectivity index (χ2v) is 4.24. The standard InChI is InChI=1S/C13H17NO2/c15-7-3-6-14-13(16)12-8-10-4-1-2-5-11(10)9-12/h1-2,4-5,12,15H,3,6-9H2,(H,14,16). The van der Waals surface area contributed by atoms with E-state index in [0.29, 0.717) is 13.0 Å². The molecule has 0 radical (unpaired) electrons. The van der Waals surface area contributed by atoms with E-state index >= 15 is 0 Å². The van der Waals surface area contributed by atoms with Crippen LogP contribution in [-0.2, 0) is 17.6 Å². The number of carbonyl (C=O) groups excluding carboxylic acids is 1. The zero-order valence-corrected chi connectivity index (χ0v) is 9.28. The number of carbonyl (C=O) groups is 1. The highest BCUT2D eigenvalue weighted by molar-refractivity contribution is 5.80. The van der Waals surface area contributed by atoms with Crippen molar-refractivity contribution in [1.29, 1.82) is 0 Å². The van der Waals surface area contributed by atoms with Gasteiger partial charge in [-0.25, -0.2) is 0 Å².